The van der Waals surface area contributed by atoms with Gasteiger partial charge >= 0.3 is 5.97 Å². The fourth-order valence-corrected chi connectivity index (χ4v) is 2.96. The third-order valence-electron chi connectivity index (χ3n) is 4.33. The average molecular weight is 362 g/mol. The molecule has 3 rings (SSSR count). The largest absolute Gasteiger partial charge is 0.462 e. The van der Waals surface area contributed by atoms with E-state index in [0.717, 1.165) is 11.1 Å². The normalized spacial score (nSPS) is 10.6. The zero-order valence-electron chi connectivity index (χ0n) is 15.5. The second kappa shape index (κ2) is 8.45. The monoisotopic (exact) mass is 362 g/mol. The Morgan fingerprint density at radius 3 is 2.15 bits per heavy atom. The lowest BCUT2D eigenvalue weighted by atomic mass is 10.0. The minimum absolute atomic E-state index is 0.172. The number of benzene rings is 2. The first kappa shape index (κ1) is 18.6. The molecule has 138 valence electrons. The summed E-state index contributed by atoms with van der Waals surface area (Å²) < 4.78 is 6.86. The van der Waals surface area contributed by atoms with E-state index in [1.54, 1.807) is 18.5 Å². The quantitative estimate of drug-likeness (QED) is 0.473. The highest BCUT2D eigenvalue weighted by molar-refractivity contribution is 6.06. The number of nitrogens with zero attached hydrogens (tertiary/aromatic N) is 2. The van der Waals surface area contributed by atoms with Gasteiger partial charge in [-0.15, -0.1) is 0 Å². The number of rotatable bonds is 7. The van der Waals surface area contributed by atoms with Gasteiger partial charge in [-0.2, -0.15) is 5.10 Å². The summed E-state index contributed by atoms with van der Waals surface area (Å²) in [5.41, 5.74) is 2.99. The molecule has 0 N–H and O–H groups in total. The number of esters is 1. The van der Waals surface area contributed by atoms with E-state index in [0.29, 0.717) is 12.2 Å². The summed E-state index contributed by atoms with van der Waals surface area (Å²) in [7, 11) is 0. The molecule has 5 nitrogen and oxygen atoms in total. The van der Waals surface area contributed by atoms with E-state index >= 15 is 0 Å². The summed E-state index contributed by atoms with van der Waals surface area (Å²) in [5.74, 6) is -0.704. The van der Waals surface area contributed by atoms with Crippen molar-refractivity contribution in [3.8, 4) is 0 Å². The van der Waals surface area contributed by atoms with Gasteiger partial charge in [0.2, 0.25) is 0 Å². The van der Waals surface area contributed by atoms with E-state index in [4.69, 9.17) is 4.74 Å². The van der Waals surface area contributed by atoms with E-state index in [2.05, 4.69) is 5.10 Å². The third-order valence-corrected chi connectivity index (χ3v) is 4.33. The maximum Gasteiger partial charge on any atom is 0.342 e. The molecule has 0 unspecified atom stereocenters. The Morgan fingerprint density at radius 1 is 0.963 bits per heavy atom. The van der Waals surface area contributed by atoms with Crippen molar-refractivity contribution < 1.29 is 14.3 Å². The lowest BCUT2D eigenvalue weighted by Crippen LogP contribution is -2.13. The molecule has 0 amide bonds. The molecule has 0 bridgehead atoms. The summed E-state index contributed by atoms with van der Waals surface area (Å²) in [5, 5.41) is 4.47. The van der Waals surface area contributed by atoms with E-state index in [-0.39, 0.29) is 30.1 Å². The first-order valence-corrected chi connectivity index (χ1v) is 8.95. The molecular weight excluding hydrogens is 340 g/mol. The van der Waals surface area contributed by atoms with E-state index in [1.807, 2.05) is 60.7 Å². The number of aromatic nitrogens is 2. The van der Waals surface area contributed by atoms with Crippen molar-refractivity contribution in [1.29, 1.82) is 0 Å². The smallest absolute Gasteiger partial charge is 0.342 e. The van der Waals surface area contributed by atoms with Crippen LogP contribution in [0.1, 0.15) is 44.6 Å². The summed E-state index contributed by atoms with van der Waals surface area (Å²) in [6.07, 6.45) is 0.190. The molecule has 0 saturated heterocycles. The van der Waals surface area contributed by atoms with Crippen molar-refractivity contribution in [3.63, 3.8) is 0 Å². The second-order valence-electron chi connectivity index (χ2n) is 6.26. The summed E-state index contributed by atoms with van der Waals surface area (Å²) in [6, 6.07) is 19.2. The molecule has 0 aliphatic heterocycles. The Morgan fingerprint density at radius 2 is 1.56 bits per heavy atom. The fourth-order valence-electron chi connectivity index (χ4n) is 2.96. The summed E-state index contributed by atoms with van der Waals surface area (Å²) in [6.45, 7) is 4.26. The van der Waals surface area contributed by atoms with Crippen LogP contribution in [0.15, 0.2) is 60.7 Å². The SMILES string of the molecule is CCOC(=O)c1c(C(=O)Cc2ccccc2)nn(Cc2ccccc2)c1C. The number of ether oxygens (including phenoxy) is 1. The molecule has 5 heteroatoms. The molecule has 0 spiro atoms. The van der Waals surface area contributed by atoms with Crippen molar-refractivity contribution in [2.45, 2.75) is 26.8 Å². The van der Waals surface area contributed by atoms with Crippen LogP contribution in [0.5, 0.6) is 0 Å². The van der Waals surface area contributed by atoms with Gasteiger partial charge in [-0.1, -0.05) is 60.7 Å². The van der Waals surface area contributed by atoms with E-state index in [1.165, 1.54) is 0 Å². The highest BCUT2D eigenvalue weighted by atomic mass is 16.5. The van der Waals surface area contributed by atoms with Gasteiger partial charge in [0.1, 0.15) is 11.3 Å². The van der Waals surface area contributed by atoms with Gasteiger partial charge < -0.3 is 4.74 Å². The molecule has 0 fully saturated rings. The Bertz CT molecular complexity index is 931. The Kier molecular flexibility index (Phi) is 5.81. The van der Waals surface area contributed by atoms with Crippen LogP contribution in [-0.4, -0.2) is 28.1 Å². The molecule has 2 aromatic carbocycles. The fraction of sp³-hybridized carbons (Fsp3) is 0.227. The molecule has 0 aliphatic rings. The lowest BCUT2D eigenvalue weighted by Gasteiger charge is -2.05. The topological polar surface area (TPSA) is 61.2 Å². The van der Waals surface area contributed by atoms with Crippen LogP contribution in [-0.2, 0) is 17.7 Å². The minimum Gasteiger partial charge on any atom is -0.462 e. The van der Waals surface area contributed by atoms with Crippen LogP contribution < -0.4 is 0 Å². The number of hydrogen-bond donors (Lipinski definition) is 0. The van der Waals surface area contributed by atoms with Crippen molar-refractivity contribution in [2.24, 2.45) is 0 Å². The van der Waals surface area contributed by atoms with Crippen LogP contribution in [0.4, 0.5) is 0 Å². The van der Waals surface area contributed by atoms with Crippen LogP contribution in [0, 0.1) is 6.92 Å². The molecule has 1 aromatic heterocycles. The van der Waals surface area contributed by atoms with Gasteiger partial charge in [0.25, 0.3) is 0 Å². The number of carbonyl (C=O) groups excluding carboxylic acids is 2. The standard InChI is InChI=1S/C22H22N2O3/c1-3-27-22(26)20-16(2)24(15-18-12-8-5-9-13-18)23-21(20)19(25)14-17-10-6-4-7-11-17/h4-13H,3,14-15H2,1-2H3. The first-order valence-electron chi connectivity index (χ1n) is 8.95. The Labute approximate surface area is 158 Å². The Hall–Kier alpha value is -3.21. The minimum atomic E-state index is -0.509. The number of hydrogen-bond acceptors (Lipinski definition) is 4. The zero-order chi connectivity index (χ0) is 19.2. The molecule has 0 radical (unpaired) electrons. The van der Waals surface area contributed by atoms with Gasteiger partial charge in [-0.05, 0) is 25.0 Å². The zero-order valence-corrected chi connectivity index (χ0v) is 15.5. The predicted octanol–water partition coefficient (Wildman–Crippen LogP) is 3.84. The van der Waals surface area contributed by atoms with Crippen LogP contribution in [0.3, 0.4) is 0 Å². The molecular formula is C22H22N2O3. The highest BCUT2D eigenvalue weighted by Gasteiger charge is 2.26. The second-order valence-corrected chi connectivity index (χ2v) is 6.26. The van der Waals surface area contributed by atoms with Gasteiger partial charge in [0.05, 0.1) is 18.8 Å². The van der Waals surface area contributed by atoms with Crippen molar-refractivity contribution in [1.82, 2.24) is 9.78 Å². The van der Waals surface area contributed by atoms with E-state index < -0.39 is 5.97 Å². The number of carbonyl (C=O) groups is 2. The maximum atomic E-state index is 12.9. The number of Topliss-reactive ketones (excluding diaryl/α,β-unsaturated/α-hetero) is 1. The van der Waals surface area contributed by atoms with Gasteiger partial charge in [0.15, 0.2) is 5.78 Å². The molecule has 3 aromatic rings. The van der Waals surface area contributed by atoms with Gasteiger partial charge in [-0.3, -0.25) is 9.48 Å². The van der Waals surface area contributed by atoms with Crippen LogP contribution >= 0.6 is 0 Å². The van der Waals surface area contributed by atoms with E-state index in [9.17, 15) is 9.59 Å². The average Bonchev–Trinajstić information content (AvgIpc) is 3.00. The van der Waals surface area contributed by atoms with Crippen molar-refractivity contribution >= 4 is 11.8 Å². The maximum absolute atomic E-state index is 12.9. The van der Waals surface area contributed by atoms with Crippen LogP contribution in [0.2, 0.25) is 0 Å². The van der Waals surface area contributed by atoms with Crippen molar-refractivity contribution in [3.05, 3.63) is 88.7 Å². The Balaban J connectivity index is 1.96. The lowest BCUT2D eigenvalue weighted by molar-refractivity contribution is 0.0522. The highest BCUT2D eigenvalue weighted by Crippen LogP contribution is 2.19. The molecule has 27 heavy (non-hydrogen) atoms. The predicted molar refractivity (Wildman–Crippen MR) is 103 cm³/mol. The first-order chi connectivity index (χ1) is 13.1. The molecule has 0 aliphatic carbocycles. The molecule has 0 saturated carbocycles. The van der Waals surface area contributed by atoms with Crippen molar-refractivity contribution in [2.75, 3.05) is 6.61 Å². The summed E-state index contributed by atoms with van der Waals surface area (Å²) >= 11 is 0. The van der Waals surface area contributed by atoms with Gasteiger partial charge in [0, 0.05) is 6.42 Å². The summed E-state index contributed by atoms with van der Waals surface area (Å²) in [4.78, 5) is 25.4. The third kappa shape index (κ3) is 4.31. The molecule has 0 atom stereocenters. The van der Waals surface area contributed by atoms with Crippen LogP contribution in [0.25, 0.3) is 0 Å². The molecule has 1 heterocycles. The van der Waals surface area contributed by atoms with Gasteiger partial charge in [-0.25, -0.2) is 4.79 Å². The number of ketones is 1.